The largest absolute Gasteiger partial charge is 0.490 e. The van der Waals surface area contributed by atoms with E-state index in [0.29, 0.717) is 43.0 Å². The Hall–Kier alpha value is -3.20. The molecule has 0 spiro atoms. The summed E-state index contributed by atoms with van der Waals surface area (Å²) in [5.74, 6) is -2.52. The van der Waals surface area contributed by atoms with Crippen LogP contribution < -0.4 is 10.3 Å². The summed E-state index contributed by atoms with van der Waals surface area (Å²) < 4.78 is 37.1. The molecule has 10 heteroatoms. The molecule has 7 nitrogen and oxygen atoms in total. The predicted octanol–water partition coefficient (Wildman–Crippen LogP) is 3.08. The number of imidazole rings is 1. The molecule has 1 fully saturated rings. The fourth-order valence-corrected chi connectivity index (χ4v) is 5.37. The van der Waals surface area contributed by atoms with Gasteiger partial charge in [0, 0.05) is 42.7 Å². The number of nitrogens with zero attached hydrogens (tertiary/aromatic N) is 4. The molecule has 2 unspecified atom stereocenters. The van der Waals surface area contributed by atoms with Crippen molar-refractivity contribution in [3.63, 3.8) is 0 Å². The summed E-state index contributed by atoms with van der Waals surface area (Å²) in [4.78, 5) is 32.2. The van der Waals surface area contributed by atoms with Crippen molar-refractivity contribution in [3.8, 4) is 11.4 Å². The summed E-state index contributed by atoms with van der Waals surface area (Å²) in [7, 11) is 0. The Morgan fingerprint density at radius 2 is 2.06 bits per heavy atom. The lowest BCUT2D eigenvalue weighted by molar-refractivity contribution is 0.0669. The van der Waals surface area contributed by atoms with E-state index in [1.165, 1.54) is 10.6 Å². The van der Waals surface area contributed by atoms with Gasteiger partial charge in [0.1, 0.15) is 11.4 Å². The zero-order chi connectivity index (χ0) is 23.1. The molecule has 3 aliphatic rings. The van der Waals surface area contributed by atoms with Crippen molar-refractivity contribution in [3.05, 3.63) is 74.7 Å². The number of rotatable bonds is 3. The minimum Gasteiger partial charge on any atom is -0.490 e. The van der Waals surface area contributed by atoms with E-state index in [0.717, 1.165) is 5.69 Å². The van der Waals surface area contributed by atoms with Gasteiger partial charge in [-0.2, -0.15) is 4.39 Å². The van der Waals surface area contributed by atoms with E-state index >= 15 is 0 Å². The standard InChI is InChI=1S/C23H19ClF2N4O3/c1-12-8-29(11-27-12)16-2-3-17-21(31)28(4-5-30(17)22(16)32)10-23-7-13(23)9-33-20-14(23)6-15(24)18(25)19(20)26/h2-3,6,8,11,13H,4-5,7,9-10H2,1H3. The maximum Gasteiger partial charge on any atom is 0.275 e. The molecular weight excluding hydrogens is 454 g/mol. The van der Waals surface area contributed by atoms with Gasteiger partial charge in [-0.15, -0.1) is 0 Å². The molecule has 2 atom stereocenters. The Morgan fingerprint density at radius 1 is 1.24 bits per heavy atom. The topological polar surface area (TPSA) is 69.4 Å². The number of fused-ring (bicyclic) bond motifs is 4. The van der Waals surface area contributed by atoms with Gasteiger partial charge in [0.2, 0.25) is 5.82 Å². The van der Waals surface area contributed by atoms with Gasteiger partial charge < -0.3 is 18.8 Å². The van der Waals surface area contributed by atoms with Crippen LogP contribution in [0.3, 0.4) is 0 Å². The van der Waals surface area contributed by atoms with E-state index in [9.17, 15) is 18.4 Å². The summed E-state index contributed by atoms with van der Waals surface area (Å²) >= 11 is 5.92. The van der Waals surface area contributed by atoms with Gasteiger partial charge in [-0.25, -0.2) is 9.37 Å². The number of carbonyl (C=O) groups is 1. The van der Waals surface area contributed by atoms with Gasteiger partial charge >= 0.3 is 0 Å². The summed E-state index contributed by atoms with van der Waals surface area (Å²) in [5, 5.41) is -0.300. The van der Waals surface area contributed by atoms with Crippen molar-refractivity contribution in [1.29, 1.82) is 0 Å². The average molecular weight is 473 g/mol. The molecule has 6 rings (SSSR count). The first kappa shape index (κ1) is 20.4. The SMILES string of the molecule is Cc1cn(-c2ccc3n(c2=O)CCN(CC24CC2COc2c4cc(Cl)c(F)c2F)C3=O)cn1. The molecular formula is C23H19ClF2N4O3. The van der Waals surface area contributed by atoms with E-state index in [-0.39, 0.29) is 34.8 Å². The van der Waals surface area contributed by atoms with Gasteiger partial charge in [-0.05, 0) is 31.5 Å². The maximum absolute atomic E-state index is 14.5. The Labute approximate surface area is 192 Å². The second-order valence-electron chi connectivity index (χ2n) is 8.94. The molecule has 1 saturated carbocycles. The molecule has 2 aliphatic heterocycles. The van der Waals surface area contributed by atoms with Gasteiger partial charge in [0.15, 0.2) is 11.6 Å². The predicted molar refractivity (Wildman–Crippen MR) is 115 cm³/mol. The van der Waals surface area contributed by atoms with Crippen LogP contribution >= 0.6 is 11.6 Å². The zero-order valence-corrected chi connectivity index (χ0v) is 18.4. The highest BCUT2D eigenvalue weighted by atomic mass is 35.5. The van der Waals surface area contributed by atoms with Crippen LogP contribution in [-0.2, 0) is 12.0 Å². The third kappa shape index (κ3) is 2.88. The number of aromatic nitrogens is 3. The Bertz CT molecular complexity index is 1400. The molecule has 0 radical (unpaired) electrons. The van der Waals surface area contributed by atoms with Crippen LogP contribution in [0, 0.1) is 24.5 Å². The quantitative estimate of drug-likeness (QED) is 0.549. The van der Waals surface area contributed by atoms with E-state index < -0.39 is 17.0 Å². The highest BCUT2D eigenvalue weighted by molar-refractivity contribution is 6.30. The number of ether oxygens (including phenoxy) is 1. The molecule has 1 aromatic carbocycles. The molecule has 2 aromatic heterocycles. The van der Waals surface area contributed by atoms with Crippen LogP contribution in [0.25, 0.3) is 5.69 Å². The number of halogens is 3. The van der Waals surface area contributed by atoms with Crippen LogP contribution in [0.4, 0.5) is 8.78 Å². The molecule has 0 bridgehead atoms. The first-order chi connectivity index (χ1) is 15.8. The third-order valence-corrected chi connectivity index (χ3v) is 7.31. The maximum atomic E-state index is 14.5. The molecule has 0 saturated heterocycles. The van der Waals surface area contributed by atoms with E-state index in [1.807, 2.05) is 6.92 Å². The second kappa shape index (κ2) is 6.90. The average Bonchev–Trinajstić information content (AvgIpc) is 3.36. The van der Waals surface area contributed by atoms with Crippen LogP contribution in [-0.4, -0.2) is 44.6 Å². The lowest BCUT2D eigenvalue weighted by Crippen LogP contribution is -2.48. The number of hydrogen-bond acceptors (Lipinski definition) is 4. The summed E-state index contributed by atoms with van der Waals surface area (Å²) in [6, 6.07) is 4.68. The van der Waals surface area contributed by atoms with Crippen LogP contribution in [0.2, 0.25) is 5.02 Å². The fraction of sp³-hybridized carbons (Fsp3) is 0.348. The van der Waals surface area contributed by atoms with Crippen molar-refractivity contribution in [2.24, 2.45) is 5.92 Å². The number of pyridine rings is 1. The minimum absolute atomic E-state index is 0.0923. The van der Waals surface area contributed by atoms with Crippen molar-refractivity contribution in [2.45, 2.75) is 25.3 Å². The molecule has 1 amide bonds. The van der Waals surface area contributed by atoms with Crippen molar-refractivity contribution >= 4 is 17.5 Å². The van der Waals surface area contributed by atoms with Gasteiger partial charge in [0.25, 0.3) is 11.5 Å². The lowest BCUT2D eigenvalue weighted by Gasteiger charge is -2.35. The van der Waals surface area contributed by atoms with Gasteiger partial charge in [-0.1, -0.05) is 11.6 Å². The highest BCUT2D eigenvalue weighted by Gasteiger charge is 2.61. The van der Waals surface area contributed by atoms with Crippen molar-refractivity contribution in [2.75, 3.05) is 19.7 Å². The molecule has 0 N–H and O–H groups in total. The van der Waals surface area contributed by atoms with Crippen LogP contribution in [0.5, 0.6) is 5.75 Å². The van der Waals surface area contributed by atoms with Crippen LogP contribution in [0.1, 0.15) is 28.2 Å². The summed E-state index contributed by atoms with van der Waals surface area (Å²) in [5.41, 5.74) is 1.22. The number of hydrogen-bond donors (Lipinski definition) is 0. The summed E-state index contributed by atoms with van der Waals surface area (Å²) in [6.07, 6.45) is 4.01. The number of carbonyl (C=O) groups excluding carboxylic acids is 1. The molecule has 3 aromatic rings. The molecule has 1 aliphatic carbocycles. The van der Waals surface area contributed by atoms with Crippen molar-refractivity contribution in [1.82, 2.24) is 19.0 Å². The Balaban J connectivity index is 1.33. The molecule has 170 valence electrons. The second-order valence-corrected chi connectivity index (χ2v) is 9.35. The number of benzene rings is 1. The van der Waals surface area contributed by atoms with Crippen LogP contribution in [0.15, 0.2) is 35.5 Å². The van der Waals surface area contributed by atoms with E-state index in [2.05, 4.69) is 4.98 Å². The zero-order valence-electron chi connectivity index (χ0n) is 17.6. The molecule has 4 heterocycles. The summed E-state index contributed by atoms with van der Waals surface area (Å²) in [6.45, 7) is 3.09. The van der Waals surface area contributed by atoms with Gasteiger partial charge in [-0.3, -0.25) is 9.59 Å². The van der Waals surface area contributed by atoms with E-state index in [1.54, 1.807) is 34.1 Å². The highest BCUT2D eigenvalue weighted by Crippen LogP contribution is 2.61. The first-order valence-corrected chi connectivity index (χ1v) is 11.0. The normalized spacial score (nSPS) is 23.0. The number of aryl methyl sites for hydroxylation is 1. The first-order valence-electron chi connectivity index (χ1n) is 10.6. The lowest BCUT2D eigenvalue weighted by atomic mass is 9.89. The van der Waals surface area contributed by atoms with Crippen molar-refractivity contribution < 1.29 is 18.3 Å². The minimum atomic E-state index is -1.13. The monoisotopic (exact) mass is 472 g/mol. The molecule has 33 heavy (non-hydrogen) atoms. The Morgan fingerprint density at radius 3 is 2.82 bits per heavy atom. The Kier molecular flexibility index (Phi) is 4.27. The fourth-order valence-electron chi connectivity index (χ4n) is 5.18. The number of amides is 1. The van der Waals surface area contributed by atoms with E-state index in [4.69, 9.17) is 16.3 Å². The third-order valence-electron chi connectivity index (χ3n) is 7.03. The smallest absolute Gasteiger partial charge is 0.275 e. The van der Waals surface area contributed by atoms with Gasteiger partial charge in [0.05, 0.1) is 23.7 Å².